The number of carbonyl (C=O) groups excluding carboxylic acids is 2. The summed E-state index contributed by atoms with van der Waals surface area (Å²) in [5, 5.41) is 0.383. The summed E-state index contributed by atoms with van der Waals surface area (Å²) >= 11 is 10.3. The molecule has 8 heteroatoms. The van der Waals surface area contributed by atoms with Crippen molar-refractivity contribution in [2.24, 2.45) is 0 Å². The summed E-state index contributed by atoms with van der Waals surface area (Å²) in [6.45, 7) is 1.46. The summed E-state index contributed by atoms with van der Waals surface area (Å²) < 4.78 is 18.2. The van der Waals surface area contributed by atoms with Crippen molar-refractivity contribution in [1.82, 2.24) is 4.90 Å². The van der Waals surface area contributed by atoms with Gasteiger partial charge in [-0.15, -0.1) is 0 Å². The standard InChI is InChI=1S/C30H31BrClNO5/c1-36-14-13-33-22-5-3-7-24(34)28(22)27(29-23(33)6-4-8-25(29)35)19-15-21(32)30(26(16-19)37-2)38-17-18-9-11-20(31)12-10-18/h9-12,15-16,27H,3-8,13-14,17H2,1-2H3. The zero-order chi connectivity index (χ0) is 26.8. The molecule has 0 bridgehead atoms. The number of ether oxygens (including phenoxy) is 3. The fourth-order valence-corrected chi connectivity index (χ4v) is 6.32. The molecule has 3 aliphatic rings. The quantitative estimate of drug-likeness (QED) is 0.334. The van der Waals surface area contributed by atoms with Crippen LogP contribution in [0.3, 0.4) is 0 Å². The van der Waals surface area contributed by atoms with Gasteiger partial charge in [-0.3, -0.25) is 9.59 Å². The lowest BCUT2D eigenvalue weighted by Gasteiger charge is -2.44. The Morgan fingerprint density at radius 1 is 0.947 bits per heavy atom. The first-order valence-corrected chi connectivity index (χ1v) is 14.1. The molecule has 0 saturated heterocycles. The number of ketones is 2. The number of Topliss-reactive ketones (excluding diaryl/α,β-unsaturated/α-hetero) is 2. The van der Waals surface area contributed by atoms with E-state index in [1.165, 1.54) is 0 Å². The summed E-state index contributed by atoms with van der Waals surface area (Å²) in [6.07, 6.45) is 4.15. The van der Waals surface area contributed by atoms with Crippen LogP contribution < -0.4 is 9.47 Å². The molecule has 1 aliphatic heterocycles. The van der Waals surface area contributed by atoms with Gasteiger partial charge in [-0.2, -0.15) is 0 Å². The largest absolute Gasteiger partial charge is 0.493 e. The molecule has 0 amide bonds. The second kappa shape index (κ2) is 11.6. The van der Waals surface area contributed by atoms with Crippen LogP contribution in [-0.4, -0.2) is 43.8 Å². The highest BCUT2D eigenvalue weighted by Gasteiger charge is 2.43. The highest BCUT2D eigenvalue weighted by Crippen LogP contribution is 2.51. The SMILES string of the molecule is COCCN1C2=C(C(=O)CCC2)C(c2cc(Cl)c(OCc3ccc(Br)cc3)c(OC)c2)C2=C1CCCC2=O. The second-order valence-corrected chi connectivity index (χ2v) is 11.1. The third-order valence-electron chi connectivity index (χ3n) is 7.49. The summed E-state index contributed by atoms with van der Waals surface area (Å²) in [5.41, 5.74) is 5.22. The van der Waals surface area contributed by atoms with Crippen molar-refractivity contribution < 1.29 is 23.8 Å². The highest BCUT2D eigenvalue weighted by molar-refractivity contribution is 9.10. The Morgan fingerprint density at radius 2 is 1.58 bits per heavy atom. The molecule has 0 atom stereocenters. The number of halogens is 2. The van der Waals surface area contributed by atoms with Gasteiger partial charge in [0.1, 0.15) is 6.61 Å². The zero-order valence-electron chi connectivity index (χ0n) is 21.6. The molecule has 2 aromatic rings. The Labute approximate surface area is 236 Å². The molecule has 0 radical (unpaired) electrons. The average molecular weight is 601 g/mol. The third-order valence-corrected chi connectivity index (χ3v) is 8.30. The second-order valence-electron chi connectivity index (χ2n) is 9.80. The predicted octanol–water partition coefficient (Wildman–Crippen LogP) is 6.75. The number of hydrogen-bond acceptors (Lipinski definition) is 6. The smallest absolute Gasteiger partial charge is 0.180 e. The molecular weight excluding hydrogens is 570 g/mol. The summed E-state index contributed by atoms with van der Waals surface area (Å²) in [4.78, 5) is 29.1. The maximum absolute atomic E-state index is 13.5. The van der Waals surface area contributed by atoms with Crippen LogP contribution in [0.25, 0.3) is 0 Å². The molecule has 6 nitrogen and oxygen atoms in total. The van der Waals surface area contributed by atoms with Gasteiger partial charge in [-0.25, -0.2) is 0 Å². The first-order valence-electron chi connectivity index (χ1n) is 13.0. The maximum atomic E-state index is 13.5. The molecule has 0 N–H and O–H groups in total. The number of rotatable bonds is 8. The van der Waals surface area contributed by atoms with E-state index < -0.39 is 5.92 Å². The molecule has 1 heterocycles. The van der Waals surface area contributed by atoms with Crippen molar-refractivity contribution in [3.63, 3.8) is 0 Å². The van der Waals surface area contributed by atoms with Gasteiger partial charge in [0.25, 0.3) is 0 Å². The van der Waals surface area contributed by atoms with Crippen molar-refractivity contribution in [2.75, 3.05) is 27.4 Å². The van der Waals surface area contributed by atoms with Crippen LogP contribution in [-0.2, 0) is 20.9 Å². The van der Waals surface area contributed by atoms with E-state index in [0.29, 0.717) is 60.3 Å². The lowest BCUT2D eigenvalue weighted by atomic mass is 9.71. The summed E-state index contributed by atoms with van der Waals surface area (Å²) in [5.74, 6) is 0.628. The molecule has 5 rings (SSSR count). The van der Waals surface area contributed by atoms with Gasteiger partial charge < -0.3 is 19.1 Å². The van der Waals surface area contributed by atoms with Crippen molar-refractivity contribution in [3.8, 4) is 11.5 Å². The predicted molar refractivity (Wildman–Crippen MR) is 150 cm³/mol. The molecule has 200 valence electrons. The van der Waals surface area contributed by atoms with E-state index in [4.69, 9.17) is 25.8 Å². The van der Waals surface area contributed by atoms with Gasteiger partial charge >= 0.3 is 0 Å². The Morgan fingerprint density at radius 3 is 2.16 bits per heavy atom. The first kappa shape index (κ1) is 27.0. The van der Waals surface area contributed by atoms with Gasteiger partial charge in [0.15, 0.2) is 23.1 Å². The number of carbonyl (C=O) groups is 2. The molecule has 0 saturated carbocycles. The Hall–Kier alpha value is -2.61. The molecule has 0 unspecified atom stereocenters. The van der Waals surface area contributed by atoms with E-state index in [0.717, 1.165) is 52.7 Å². The van der Waals surface area contributed by atoms with Crippen LogP contribution in [0.5, 0.6) is 11.5 Å². The first-order chi connectivity index (χ1) is 18.4. The van der Waals surface area contributed by atoms with Gasteiger partial charge in [0, 0.05) is 59.4 Å². The Bertz CT molecular complexity index is 1270. The van der Waals surface area contributed by atoms with Crippen LogP contribution >= 0.6 is 27.5 Å². The van der Waals surface area contributed by atoms with Crippen molar-refractivity contribution in [2.45, 2.75) is 51.0 Å². The van der Waals surface area contributed by atoms with E-state index >= 15 is 0 Å². The highest BCUT2D eigenvalue weighted by atomic mass is 79.9. The number of methoxy groups -OCH3 is 2. The molecule has 0 spiro atoms. The van der Waals surface area contributed by atoms with Gasteiger partial charge in [-0.1, -0.05) is 39.7 Å². The number of nitrogens with zero attached hydrogens (tertiary/aromatic N) is 1. The number of allylic oxidation sites excluding steroid dienone is 4. The Balaban J connectivity index is 1.58. The van der Waals surface area contributed by atoms with E-state index in [1.807, 2.05) is 36.4 Å². The van der Waals surface area contributed by atoms with Gasteiger partial charge in [0.2, 0.25) is 0 Å². The average Bonchev–Trinajstić information content (AvgIpc) is 2.91. The monoisotopic (exact) mass is 599 g/mol. The maximum Gasteiger partial charge on any atom is 0.180 e. The topological polar surface area (TPSA) is 65.1 Å². The van der Waals surface area contributed by atoms with Crippen LogP contribution in [0.4, 0.5) is 0 Å². The van der Waals surface area contributed by atoms with E-state index in [1.54, 1.807) is 14.2 Å². The minimum Gasteiger partial charge on any atom is -0.493 e. The number of benzene rings is 2. The molecule has 38 heavy (non-hydrogen) atoms. The molecule has 2 aromatic carbocycles. The normalized spacial score (nSPS) is 18.1. The third kappa shape index (κ3) is 5.16. The van der Waals surface area contributed by atoms with E-state index in [-0.39, 0.29) is 11.6 Å². The molecule has 0 fully saturated rings. The van der Waals surface area contributed by atoms with Crippen LogP contribution in [0.15, 0.2) is 63.4 Å². The minimum absolute atomic E-state index is 0.0919. The number of hydrogen-bond donors (Lipinski definition) is 0. The fraction of sp³-hybridized carbons (Fsp3) is 0.400. The molecule has 2 aliphatic carbocycles. The van der Waals surface area contributed by atoms with Crippen LogP contribution in [0.2, 0.25) is 5.02 Å². The van der Waals surface area contributed by atoms with E-state index in [9.17, 15) is 9.59 Å². The van der Waals surface area contributed by atoms with Gasteiger partial charge in [0.05, 0.1) is 18.7 Å². The fourth-order valence-electron chi connectivity index (χ4n) is 5.78. The van der Waals surface area contributed by atoms with Crippen molar-refractivity contribution >= 4 is 39.1 Å². The molecular formula is C30H31BrClNO5. The van der Waals surface area contributed by atoms with Crippen molar-refractivity contribution in [3.05, 3.63) is 79.6 Å². The Kier molecular flexibility index (Phi) is 8.26. The lowest BCUT2D eigenvalue weighted by Crippen LogP contribution is -2.40. The zero-order valence-corrected chi connectivity index (χ0v) is 24.0. The summed E-state index contributed by atoms with van der Waals surface area (Å²) in [7, 11) is 3.24. The van der Waals surface area contributed by atoms with Crippen LogP contribution in [0, 0.1) is 0 Å². The molecule has 0 aromatic heterocycles. The van der Waals surface area contributed by atoms with Crippen molar-refractivity contribution in [1.29, 1.82) is 0 Å². The van der Waals surface area contributed by atoms with Crippen LogP contribution in [0.1, 0.15) is 55.6 Å². The lowest BCUT2D eigenvalue weighted by molar-refractivity contribution is -0.117. The van der Waals surface area contributed by atoms with E-state index in [2.05, 4.69) is 20.8 Å². The minimum atomic E-state index is -0.466. The summed E-state index contributed by atoms with van der Waals surface area (Å²) in [6, 6.07) is 11.6. The van der Waals surface area contributed by atoms with Gasteiger partial charge in [-0.05, 0) is 61.1 Å².